The normalized spacial score (nSPS) is 13.9. The summed E-state index contributed by atoms with van der Waals surface area (Å²) in [6, 6.07) is 27.1. The van der Waals surface area contributed by atoms with Crippen molar-refractivity contribution in [2.75, 3.05) is 16.9 Å². The summed E-state index contributed by atoms with van der Waals surface area (Å²) in [5.41, 5.74) is 8.22. The Morgan fingerprint density at radius 1 is 0.553 bits per heavy atom. The summed E-state index contributed by atoms with van der Waals surface area (Å²) in [5.74, 6) is 2.27. The van der Waals surface area contributed by atoms with Gasteiger partial charge in [0, 0.05) is 10.8 Å². The molecule has 7 nitrogen and oxygen atoms in total. The van der Waals surface area contributed by atoms with Gasteiger partial charge >= 0.3 is 0 Å². The lowest BCUT2D eigenvalue weighted by Gasteiger charge is -2.30. The van der Waals surface area contributed by atoms with Crippen LogP contribution in [0.1, 0.15) is 101 Å². The van der Waals surface area contributed by atoms with Crippen molar-refractivity contribution in [3.05, 3.63) is 101 Å². The number of methoxy groups -OCH3 is 1. The first-order valence-electron chi connectivity index (χ1n) is 16.7. The van der Waals surface area contributed by atoms with Gasteiger partial charge in [0.2, 0.25) is 5.96 Å². The zero-order valence-corrected chi connectivity index (χ0v) is 29.0. The lowest BCUT2D eigenvalue weighted by Crippen LogP contribution is -2.38. The topological polar surface area (TPSA) is 80.7 Å². The highest BCUT2D eigenvalue weighted by atomic mass is 16.5. The highest BCUT2D eigenvalue weighted by Gasteiger charge is 2.43. The number of aromatic nitrogens is 1. The van der Waals surface area contributed by atoms with Crippen molar-refractivity contribution in [3.8, 4) is 5.75 Å². The Kier molecular flexibility index (Phi) is 8.43. The monoisotopic (exact) mass is 626 g/mol. The maximum Gasteiger partial charge on any atom is 0.240 e. The average Bonchev–Trinajstić information content (AvgIpc) is 3.49. The maximum absolute atomic E-state index is 9.65. The van der Waals surface area contributed by atoms with Gasteiger partial charge in [0.15, 0.2) is 11.7 Å². The SMILES string of the molecule is COc1ccc2c(c1)c1ccccc1n2N=C1N(c2c(C(C)C)cccc2C(C)C)C(=N)C(=N)N1c1c(C(C)C)cccc1C(C)C. The molecule has 0 aliphatic carbocycles. The van der Waals surface area contributed by atoms with E-state index in [1.165, 1.54) is 0 Å². The van der Waals surface area contributed by atoms with Gasteiger partial charge < -0.3 is 4.74 Å². The van der Waals surface area contributed by atoms with Gasteiger partial charge in [-0.05, 0) is 70.2 Å². The summed E-state index contributed by atoms with van der Waals surface area (Å²) in [7, 11) is 1.68. The van der Waals surface area contributed by atoms with Crippen LogP contribution in [0.5, 0.6) is 5.75 Å². The predicted molar refractivity (Wildman–Crippen MR) is 198 cm³/mol. The molecule has 0 bridgehead atoms. The fourth-order valence-electron chi connectivity index (χ4n) is 6.82. The first-order chi connectivity index (χ1) is 22.5. The van der Waals surface area contributed by atoms with Crippen LogP contribution in [0.25, 0.3) is 21.8 Å². The molecule has 5 aromatic rings. The summed E-state index contributed by atoms with van der Waals surface area (Å²) in [6.45, 7) is 17.5. The van der Waals surface area contributed by atoms with E-state index in [0.29, 0.717) is 5.96 Å². The molecule has 1 saturated heterocycles. The average molecular weight is 627 g/mol. The van der Waals surface area contributed by atoms with Gasteiger partial charge in [0.1, 0.15) is 5.75 Å². The summed E-state index contributed by atoms with van der Waals surface area (Å²) in [6.07, 6.45) is 0. The van der Waals surface area contributed by atoms with Crippen LogP contribution in [0.2, 0.25) is 0 Å². The Morgan fingerprint density at radius 2 is 1.00 bits per heavy atom. The molecule has 0 unspecified atom stereocenters. The van der Waals surface area contributed by atoms with E-state index in [2.05, 4.69) is 110 Å². The molecule has 0 radical (unpaired) electrons. The van der Waals surface area contributed by atoms with Gasteiger partial charge in [-0.1, -0.05) is 110 Å². The standard InChI is InChI=1S/C40H46N6O/c1-23(2)28-15-12-16-29(24(3)4)36(28)44-38(41)39(42)45(37-30(25(5)6)17-13-18-31(37)26(7)8)40(44)43-46-34-19-11-10-14-32(34)33-22-27(47-9)20-21-35(33)46/h10-26,41-42H,1-9H3. The number of nitrogens with one attached hydrogen (secondary N) is 2. The third-order valence-corrected chi connectivity index (χ3v) is 9.25. The number of guanidine groups is 1. The van der Waals surface area contributed by atoms with Crippen molar-refractivity contribution in [1.29, 1.82) is 10.8 Å². The number of hydrogen-bond acceptors (Lipinski definition) is 4. The second-order valence-corrected chi connectivity index (χ2v) is 13.7. The van der Waals surface area contributed by atoms with Crippen LogP contribution in [0, 0.1) is 10.8 Å². The van der Waals surface area contributed by atoms with Crippen LogP contribution in [0.3, 0.4) is 0 Å². The van der Waals surface area contributed by atoms with Gasteiger partial charge in [-0.3, -0.25) is 20.6 Å². The molecule has 242 valence electrons. The number of fused-ring (bicyclic) bond motifs is 3. The lowest BCUT2D eigenvalue weighted by molar-refractivity contribution is 0.415. The third kappa shape index (κ3) is 5.28. The van der Waals surface area contributed by atoms with Gasteiger partial charge in [0.05, 0.1) is 29.5 Å². The molecular formula is C40H46N6O. The van der Waals surface area contributed by atoms with Crippen molar-refractivity contribution >= 4 is 50.8 Å². The minimum atomic E-state index is 0.106. The van der Waals surface area contributed by atoms with Crippen LogP contribution in [0.4, 0.5) is 11.4 Å². The summed E-state index contributed by atoms with van der Waals surface area (Å²) < 4.78 is 7.59. The lowest BCUT2D eigenvalue weighted by atomic mass is 9.91. The molecule has 1 aliphatic heterocycles. The van der Waals surface area contributed by atoms with Crippen LogP contribution < -0.4 is 14.5 Å². The van der Waals surface area contributed by atoms with E-state index >= 15 is 0 Å². The van der Waals surface area contributed by atoms with E-state index in [9.17, 15) is 10.8 Å². The Bertz CT molecular complexity index is 1910. The van der Waals surface area contributed by atoms with E-state index in [-0.39, 0.29) is 35.3 Å². The van der Waals surface area contributed by atoms with Crippen molar-refractivity contribution in [2.24, 2.45) is 5.10 Å². The molecule has 0 saturated carbocycles. The molecule has 0 amide bonds. The fourth-order valence-corrected chi connectivity index (χ4v) is 6.82. The van der Waals surface area contributed by atoms with Gasteiger partial charge in [-0.15, -0.1) is 5.10 Å². The number of amidine groups is 2. The van der Waals surface area contributed by atoms with E-state index < -0.39 is 0 Å². The van der Waals surface area contributed by atoms with E-state index in [0.717, 1.165) is 61.2 Å². The highest BCUT2D eigenvalue weighted by molar-refractivity contribution is 6.63. The molecule has 4 aromatic carbocycles. The summed E-state index contributed by atoms with van der Waals surface area (Å²) >= 11 is 0. The number of nitrogens with zero attached hydrogens (tertiary/aromatic N) is 4. The van der Waals surface area contributed by atoms with E-state index in [1.807, 2.05) is 38.7 Å². The number of ether oxygens (including phenoxy) is 1. The molecular weight excluding hydrogens is 580 g/mol. The zero-order valence-electron chi connectivity index (χ0n) is 29.0. The van der Waals surface area contributed by atoms with E-state index in [1.54, 1.807) is 7.11 Å². The molecule has 1 fully saturated rings. The minimum absolute atomic E-state index is 0.106. The van der Waals surface area contributed by atoms with Crippen LogP contribution in [0.15, 0.2) is 84.0 Å². The molecule has 47 heavy (non-hydrogen) atoms. The van der Waals surface area contributed by atoms with Crippen LogP contribution in [-0.4, -0.2) is 29.4 Å². The van der Waals surface area contributed by atoms with Crippen LogP contribution >= 0.6 is 0 Å². The molecule has 1 aliphatic rings. The minimum Gasteiger partial charge on any atom is -0.497 e. The van der Waals surface area contributed by atoms with Crippen molar-refractivity contribution < 1.29 is 4.74 Å². The Balaban J connectivity index is 1.77. The summed E-state index contributed by atoms with van der Waals surface area (Å²) in [4.78, 5) is 3.86. The largest absolute Gasteiger partial charge is 0.497 e. The number of hydrogen-bond donors (Lipinski definition) is 2. The molecule has 7 heteroatoms. The summed E-state index contributed by atoms with van der Waals surface area (Å²) in [5, 5.41) is 26.9. The highest BCUT2D eigenvalue weighted by Crippen LogP contribution is 2.43. The van der Waals surface area contributed by atoms with Crippen molar-refractivity contribution in [1.82, 2.24) is 4.68 Å². The quantitative estimate of drug-likeness (QED) is 0.180. The first-order valence-corrected chi connectivity index (χ1v) is 16.7. The molecule has 2 heterocycles. The van der Waals surface area contributed by atoms with Gasteiger partial charge in [-0.25, -0.2) is 4.68 Å². The fraction of sp³-hybridized carbons (Fsp3) is 0.325. The smallest absolute Gasteiger partial charge is 0.240 e. The second kappa shape index (κ2) is 12.4. The number of benzene rings is 4. The van der Waals surface area contributed by atoms with Crippen molar-refractivity contribution in [3.63, 3.8) is 0 Å². The zero-order chi connectivity index (χ0) is 33.7. The van der Waals surface area contributed by atoms with Crippen molar-refractivity contribution in [2.45, 2.75) is 79.1 Å². The Morgan fingerprint density at radius 3 is 1.45 bits per heavy atom. The third-order valence-electron chi connectivity index (χ3n) is 9.25. The molecule has 0 atom stereocenters. The Hall–Kier alpha value is -4.91. The molecule has 1 aromatic heterocycles. The van der Waals surface area contributed by atoms with Gasteiger partial charge in [0.25, 0.3) is 0 Å². The number of para-hydroxylation sites is 3. The molecule has 2 N–H and O–H groups in total. The molecule has 0 spiro atoms. The maximum atomic E-state index is 9.65. The molecule has 6 rings (SSSR count). The van der Waals surface area contributed by atoms with E-state index in [4.69, 9.17) is 9.84 Å². The van der Waals surface area contributed by atoms with Crippen LogP contribution in [-0.2, 0) is 0 Å². The Labute approximate surface area is 278 Å². The number of rotatable bonds is 8. The predicted octanol–water partition coefficient (Wildman–Crippen LogP) is 10.4. The first kappa shape index (κ1) is 32.0. The second-order valence-electron chi connectivity index (χ2n) is 13.7. The number of anilines is 2. The van der Waals surface area contributed by atoms with Gasteiger partial charge in [-0.2, -0.15) is 0 Å².